The molecule has 0 saturated carbocycles. The molecule has 8 heteroatoms. The number of ether oxygens (including phenoxy) is 1. The summed E-state index contributed by atoms with van der Waals surface area (Å²) in [5.74, 6) is -0.553. The molecule has 0 aliphatic rings. The van der Waals surface area contributed by atoms with E-state index in [1.165, 1.54) is 12.1 Å². The van der Waals surface area contributed by atoms with E-state index in [1.807, 2.05) is 31.2 Å². The number of nitrogens with two attached hydrogens (primary N) is 1. The van der Waals surface area contributed by atoms with Crippen molar-refractivity contribution in [3.8, 4) is 16.9 Å². The molecule has 0 radical (unpaired) electrons. The van der Waals surface area contributed by atoms with Gasteiger partial charge in [-0.3, -0.25) is 9.21 Å². The van der Waals surface area contributed by atoms with Gasteiger partial charge in [-0.25, -0.2) is 0 Å². The Balaban J connectivity index is 1.93. The second-order valence-corrected chi connectivity index (χ2v) is 6.75. The lowest BCUT2D eigenvalue weighted by Gasteiger charge is -2.18. The van der Waals surface area contributed by atoms with Crippen molar-refractivity contribution in [1.82, 2.24) is 4.42 Å². The third-order valence-electron chi connectivity index (χ3n) is 4.13. The first-order valence-electron chi connectivity index (χ1n) is 8.87. The monoisotopic (exact) mass is 414 g/mol. The van der Waals surface area contributed by atoms with Crippen molar-refractivity contribution in [2.24, 2.45) is 5.73 Å². The van der Waals surface area contributed by atoms with Crippen molar-refractivity contribution in [3.63, 3.8) is 0 Å². The number of hydrogen-bond donors (Lipinski definition) is 1. The number of nitrogens with zero attached hydrogens (tertiary/aromatic N) is 1. The largest absolute Gasteiger partial charge is 0.573 e. The van der Waals surface area contributed by atoms with Crippen LogP contribution in [0, 0.1) is 0 Å². The Kier molecular flexibility index (Phi) is 7.71. The average Bonchev–Trinajstić information content (AvgIpc) is 2.65. The standard InChI is InChI=1S/C20H22ClF3N2O2/c1-2-3-18(25)19(27)26(21)13-12-14-4-6-15(7-5-14)16-8-10-17(11-9-16)28-20(22,23)24/h4-11,18H,2-3,12-13,25H2,1H3/t18-/m0/s1. The number of carbonyl (C=O) groups is 1. The summed E-state index contributed by atoms with van der Waals surface area (Å²) in [5.41, 5.74) is 8.37. The van der Waals surface area contributed by atoms with E-state index < -0.39 is 12.4 Å². The molecule has 1 amide bonds. The fourth-order valence-corrected chi connectivity index (χ4v) is 2.87. The minimum absolute atomic E-state index is 0.263. The summed E-state index contributed by atoms with van der Waals surface area (Å²) in [4.78, 5) is 12.0. The highest BCUT2D eigenvalue weighted by Crippen LogP contribution is 2.26. The summed E-state index contributed by atoms with van der Waals surface area (Å²) in [6.07, 6.45) is -2.75. The molecule has 0 heterocycles. The van der Waals surface area contributed by atoms with E-state index in [4.69, 9.17) is 17.5 Å². The zero-order chi connectivity index (χ0) is 20.7. The third-order valence-corrected chi connectivity index (χ3v) is 4.46. The third kappa shape index (κ3) is 6.73. The maximum atomic E-state index is 12.2. The Hall–Kier alpha value is -2.25. The van der Waals surface area contributed by atoms with Gasteiger partial charge in [0.25, 0.3) is 5.91 Å². The van der Waals surface area contributed by atoms with Crippen LogP contribution in [0.3, 0.4) is 0 Å². The first kappa shape index (κ1) is 22.0. The van der Waals surface area contributed by atoms with Crippen LogP contribution >= 0.6 is 11.8 Å². The summed E-state index contributed by atoms with van der Waals surface area (Å²) >= 11 is 6.01. The van der Waals surface area contributed by atoms with E-state index in [0.29, 0.717) is 19.4 Å². The number of alkyl halides is 3. The quantitative estimate of drug-likeness (QED) is 0.625. The van der Waals surface area contributed by atoms with Gasteiger partial charge < -0.3 is 10.5 Å². The van der Waals surface area contributed by atoms with Gasteiger partial charge in [0.05, 0.1) is 6.04 Å². The smallest absolute Gasteiger partial charge is 0.406 e. The maximum Gasteiger partial charge on any atom is 0.573 e. The number of carbonyl (C=O) groups excluding carboxylic acids is 1. The molecule has 28 heavy (non-hydrogen) atoms. The van der Waals surface area contributed by atoms with E-state index in [-0.39, 0.29) is 11.7 Å². The molecular weight excluding hydrogens is 393 g/mol. The van der Waals surface area contributed by atoms with Gasteiger partial charge in [0.2, 0.25) is 0 Å². The van der Waals surface area contributed by atoms with Crippen LogP contribution in [0.15, 0.2) is 48.5 Å². The Morgan fingerprint density at radius 1 is 1.11 bits per heavy atom. The minimum Gasteiger partial charge on any atom is -0.406 e. The number of rotatable bonds is 8. The first-order chi connectivity index (χ1) is 13.2. The molecule has 2 N–H and O–H groups in total. The number of halogens is 4. The molecule has 0 saturated heterocycles. The van der Waals surface area contributed by atoms with Gasteiger partial charge in [0.1, 0.15) is 5.75 Å². The molecule has 0 bridgehead atoms. The highest BCUT2D eigenvalue weighted by Gasteiger charge is 2.30. The maximum absolute atomic E-state index is 12.2. The van der Waals surface area contributed by atoms with Crippen molar-refractivity contribution >= 4 is 17.7 Å². The molecule has 2 aromatic carbocycles. The van der Waals surface area contributed by atoms with E-state index in [9.17, 15) is 18.0 Å². The molecule has 0 fully saturated rings. The van der Waals surface area contributed by atoms with Crippen molar-refractivity contribution in [1.29, 1.82) is 0 Å². The molecule has 152 valence electrons. The van der Waals surface area contributed by atoms with Crippen molar-refractivity contribution in [2.75, 3.05) is 6.54 Å². The number of hydrogen-bond acceptors (Lipinski definition) is 3. The number of amides is 1. The van der Waals surface area contributed by atoms with Crippen LogP contribution in [0.1, 0.15) is 25.3 Å². The van der Waals surface area contributed by atoms with Gasteiger partial charge in [0.15, 0.2) is 0 Å². The van der Waals surface area contributed by atoms with Gasteiger partial charge in [0, 0.05) is 18.3 Å². The molecule has 0 spiro atoms. The molecule has 4 nitrogen and oxygen atoms in total. The van der Waals surface area contributed by atoms with Crippen LogP contribution < -0.4 is 10.5 Å². The van der Waals surface area contributed by atoms with E-state index >= 15 is 0 Å². The molecule has 0 unspecified atom stereocenters. The van der Waals surface area contributed by atoms with Crippen molar-refractivity contribution in [2.45, 2.75) is 38.6 Å². The summed E-state index contributed by atoms with van der Waals surface area (Å²) in [7, 11) is 0. The Morgan fingerprint density at radius 2 is 1.64 bits per heavy atom. The van der Waals surface area contributed by atoms with E-state index in [0.717, 1.165) is 27.5 Å². The predicted molar refractivity (Wildman–Crippen MR) is 103 cm³/mol. The summed E-state index contributed by atoms with van der Waals surface area (Å²) in [5, 5.41) is 0. The molecule has 2 rings (SSSR count). The molecule has 2 aromatic rings. The van der Waals surface area contributed by atoms with E-state index in [1.54, 1.807) is 12.1 Å². The second-order valence-electron chi connectivity index (χ2n) is 6.34. The number of benzene rings is 2. The van der Waals surface area contributed by atoms with Crippen LogP contribution in [-0.2, 0) is 11.2 Å². The van der Waals surface area contributed by atoms with Gasteiger partial charge >= 0.3 is 6.36 Å². The Bertz CT molecular complexity index is 765. The van der Waals surface area contributed by atoms with Crippen LogP contribution in [0.5, 0.6) is 5.75 Å². The van der Waals surface area contributed by atoms with Crippen LogP contribution in [-0.4, -0.2) is 29.3 Å². The zero-order valence-electron chi connectivity index (χ0n) is 15.4. The summed E-state index contributed by atoms with van der Waals surface area (Å²) in [6.45, 7) is 2.28. The first-order valence-corrected chi connectivity index (χ1v) is 9.21. The van der Waals surface area contributed by atoms with Gasteiger partial charge in [-0.2, -0.15) is 0 Å². The summed E-state index contributed by atoms with van der Waals surface area (Å²) in [6, 6.07) is 12.6. The zero-order valence-corrected chi connectivity index (χ0v) is 16.1. The molecule has 0 aliphatic heterocycles. The molecular formula is C20H22ClF3N2O2. The van der Waals surface area contributed by atoms with Gasteiger partial charge in [-0.1, -0.05) is 49.7 Å². The molecule has 1 atom stereocenters. The SMILES string of the molecule is CCC[C@H](N)C(=O)N(Cl)CCc1ccc(-c2ccc(OC(F)(F)F)cc2)cc1. The normalized spacial score (nSPS) is 12.5. The lowest BCUT2D eigenvalue weighted by atomic mass is 10.0. The van der Waals surface area contributed by atoms with Crippen LogP contribution in [0.4, 0.5) is 13.2 Å². The Labute approximate surface area is 167 Å². The van der Waals surface area contributed by atoms with Crippen LogP contribution in [0.2, 0.25) is 0 Å². The predicted octanol–water partition coefficient (Wildman–Crippen LogP) is 4.90. The van der Waals surface area contributed by atoms with Crippen molar-refractivity contribution in [3.05, 3.63) is 54.1 Å². The fourth-order valence-electron chi connectivity index (χ4n) is 2.66. The summed E-state index contributed by atoms with van der Waals surface area (Å²) < 4.78 is 41.6. The lowest BCUT2D eigenvalue weighted by molar-refractivity contribution is -0.274. The minimum atomic E-state index is -4.71. The lowest BCUT2D eigenvalue weighted by Crippen LogP contribution is -2.39. The highest BCUT2D eigenvalue weighted by atomic mass is 35.5. The topological polar surface area (TPSA) is 55.6 Å². The van der Waals surface area contributed by atoms with Crippen molar-refractivity contribution < 1.29 is 22.7 Å². The highest BCUT2D eigenvalue weighted by molar-refractivity contribution is 6.21. The fraction of sp³-hybridized carbons (Fsp3) is 0.350. The van der Waals surface area contributed by atoms with Crippen LogP contribution in [0.25, 0.3) is 11.1 Å². The Morgan fingerprint density at radius 3 is 2.14 bits per heavy atom. The van der Waals surface area contributed by atoms with Gasteiger partial charge in [-0.05, 0) is 41.7 Å². The molecule has 0 aromatic heterocycles. The van der Waals surface area contributed by atoms with E-state index in [2.05, 4.69) is 4.74 Å². The van der Waals surface area contributed by atoms with Gasteiger partial charge in [-0.15, -0.1) is 13.2 Å². The molecule has 0 aliphatic carbocycles. The average molecular weight is 415 g/mol. The second kappa shape index (κ2) is 9.80.